The molecule has 160 valence electrons. The summed E-state index contributed by atoms with van der Waals surface area (Å²) in [5.74, 6) is 0.722. The number of nitrogens with zero attached hydrogens (tertiary/aromatic N) is 4. The molecule has 0 bridgehead atoms. The molecule has 0 amide bonds. The van der Waals surface area contributed by atoms with E-state index in [-0.39, 0.29) is 18.7 Å². The Morgan fingerprint density at radius 2 is 1.77 bits per heavy atom. The predicted molar refractivity (Wildman–Crippen MR) is 120 cm³/mol. The smallest absolute Gasteiger partial charge is 0.264 e. The molecule has 0 saturated heterocycles. The summed E-state index contributed by atoms with van der Waals surface area (Å²) in [6.45, 7) is 8.18. The maximum absolute atomic E-state index is 12.9. The summed E-state index contributed by atoms with van der Waals surface area (Å²) in [4.78, 5) is 17.4. The first kappa shape index (κ1) is 20.8. The molecule has 0 aliphatic carbocycles. The SMILES string of the molecule is Cc1cc(C)cc(-n2ncc3c(=O)n(C[C@H](O)COc4ccc(C)cc4C)cnc32)c1. The van der Waals surface area contributed by atoms with Gasteiger partial charge in [0.25, 0.3) is 5.56 Å². The Morgan fingerprint density at radius 1 is 1.03 bits per heavy atom. The number of aliphatic hydroxyl groups is 1. The number of hydrogen-bond acceptors (Lipinski definition) is 5. The molecule has 0 aliphatic rings. The van der Waals surface area contributed by atoms with Crippen LogP contribution in [0.4, 0.5) is 0 Å². The van der Waals surface area contributed by atoms with Gasteiger partial charge in [0.1, 0.15) is 30.2 Å². The molecule has 0 fully saturated rings. The van der Waals surface area contributed by atoms with E-state index in [1.807, 2.05) is 58.0 Å². The van der Waals surface area contributed by atoms with Crippen molar-refractivity contribution in [2.45, 2.75) is 40.3 Å². The quantitative estimate of drug-likeness (QED) is 0.520. The highest BCUT2D eigenvalue weighted by molar-refractivity contribution is 5.75. The molecular weight excluding hydrogens is 392 g/mol. The van der Waals surface area contributed by atoms with Gasteiger partial charge in [0.05, 0.1) is 18.4 Å². The van der Waals surface area contributed by atoms with Gasteiger partial charge in [0, 0.05) is 0 Å². The summed E-state index contributed by atoms with van der Waals surface area (Å²) in [6.07, 6.45) is 2.12. The Balaban J connectivity index is 1.54. The van der Waals surface area contributed by atoms with Crippen LogP contribution in [0.25, 0.3) is 16.7 Å². The van der Waals surface area contributed by atoms with Crippen LogP contribution >= 0.6 is 0 Å². The van der Waals surface area contributed by atoms with E-state index in [2.05, 4.69) is 16.1 Å². The zero-order chi connectivity index (χ0) is 22.1. The molecule has 1 N–H and O–H groups in total. The minimum Gasteiger partial charge on any atom is -0.491 e. The number of benzene rings is 2. The van der Waals surface area contributed by atoms with E-state index in [0.717, 1.165) is 33.7 Å². The minimum absolute atomic E-state index is 0.0796. The van der Waals surface area contributed by atoms with Crippen molar-refractivity contribution in [2.75, 3.05) is 6.61 Å². The van der Waals surface area contributed by atoms with Gasteiger partial charge in [-0.3, -0.25) is 9.36 Å². The number of fused-ring (bicyclic) bond motifs is 1. The highest BCUT2D eigenvalue weighted by Crippen LogP contribution is 2.19. The lowest BCUT2D eigenvalue weighted by Crippen LogP contribution is -2.30. The van der Waals surface area contributed by atoms with E-state index >= 15 is 0 Å². The molecule has 0 unspecified atom stereocenters. The largest absolute Gasteiger partial charge is 0.491 e. The number of aliphatic hydroxyl groups excluding tert-OH is 1. The van der Waals surface area contributed by atoms with Crippen LogP contribution in [0.5, 0.6) is 5.75 Å². The molecule has 4 aromatic rings. The van der Waals surface area contributed by atoms with E-state index in [0.29, 0.717) is 11.0 Å². The summed E-state index contributed by atoms with van der Waals surface area (Å²) in [5.41, 5.74) is 5.49. The second kappa shape index (κ2) is 8.35. The monoisotopic (exact) mass is 418 g/mol. The molecule has 4 rings (SSSR count). The van der Waals surface area contributed by atoms with Gasteiger partial charge in [0.2, 0.25) is 0 Å². The third-order valence-corrected chi connectivity index (χ3v) is 5.17. The second-order valence-electron chi connectivity index (χ2n) is 8.08. The molecule has 7 nitrogen and oxygen atoms in total. The average Bonchev–Trinajstić information content (AvgIpc) is 3.14. The molecule has 2 aromatic carbocycles. The van der Waals surface area contributed by atoms with Crippen molar-refractivity contribution in [3.8, 4) is 11.4 Å². The minimum atomic E-state index is -0.855. The highest BCUT2D eigenvalue weighted by atomic mass is 16.5. The Labute approximate surface area is 180 Å². The standard InChI is InChI=1S/C24H26N4O3/c1-15-5-6-22(18(4)8-15)31-13-20(29)12-27-14-25-23-21(24(27)30)11-26-28(23)19-9-16(2)7-17(3)10-19/h5-11,14,20,29H,12-13H2,1-4H3/t20-/m0/s1. The zero-order valence-electron chi connectivity index (χ0n) is 18.2. The van der Waals surface area contributed by atoms with E-state index in [9.17, 15) is 9.90 Å². The summed E-state index contributed by atoms with van der Waals surface area (Å²) >= 11 is 0. The summed E-state index contributed by atoms with van der Waals surface area (Å²) < 4.78 is 8.80. The van der Waals surface area contributed by atoms with Crippen molar-refractivity contribution in [1.29, 1.82) is 0 Å². The Kier molecular flexibility index (Phi) is 5.61. The lowest BCUT2D eigenvalue weighted by molar-refractivity contribution is 0.0911. The molecule has 7 heteroatoms. The van der Waals surface area contributed by atoms with Crippen LogP contribution in [-0.2, 0) is 6.54 Å². The first-order valence-corrected chi connectivity index (χ1v) is 10.2. The summed E-state index contributed by atoms with van der Waals surface area (Å²) in [6, 6.07) is 12.0. The fraction of sp³-hybridized carbons (Fsp3) is 0.292. The van der Waals surface area contributed by atoms with Gasteiger partial charge >= 0.3 is 0 Å². The number of aryl methyl sites for hydroxylation is 4. The normalized spacial score (nSPS) is 12.3. The molecule has 31 heavy (non-hydrogen) atoms. The van der Waals surface area contributed by atoms with Crippen molar-refractivity contribution >= 4 is 11.0 Å². The Morgan fingerprint density at radius 3 is 2.48 bits per heavy atom. The molecule has 0 spiro atoms. The molecule has 2 aromatic heterocycles. The zero-order valence-corrected chi connectivity index (χ0v) is 18.2. The Bertz CT molecular complexity index is 1290. The number of rotatable bonds is 6. The van der Waals surface area contributed by atoms with Gasteiger partial charge in [-0.1, -0.05) is 23.8 Å². The topological polar surface area (TPSA) is 82.2 Å². The van der Waals surface area contributed by atoms with Gasteiger partial charge < -0.3 is 9.84 Å². The predicted octanol–water partition coefficient (Wildman–Crippen LogP) is 3.26. The van der Waals surface area contributed by atoms with Gasteiger partial charge in [-0.15, -0.1) is 0 Å². The molecule has 0 aliphatic heterocycles. The van der Waals surface area contributed by atoms with Crippen LogP contribution in [0.15, 0.2) is 53.7 Å². The van der Waals surface area contributed by atoms with E-state index in [1.165, 1.54) is 17.1 Å². The van der Waals surface area contributed by atoms with Crippen LogP contribution in [-0.4, -0.2) is 37.1 Å². The third-order valence-electron chi connectivity index (χ3n) is 5.17. The highest BCUT2D eigenvalue weighted by Gasteiger charge is 2.15. The van der Waals surface area contributed by atoms with Crippen molar-refractivity contribution in [2.24, 2.45) is 0 Å². The summed E-state index contributed by atoms with van der Waals surface area (Å²) in [5, 5.41) is 15.2. The third kappa shape index (κ3) is 4.36. The van der Waals surface area contributed by atoms with Crippen LogP contribution < -0.4 is 10.3 Å². The van der Waals surface area contributed by atoms with Gasteiger partial charge in [-0.05, 0) is 62.6 Å². The average molecular weight is 418 g/mol. The van der Waals surface area contributed by atoms with Crippen LogP contribution in [0.2, 0.25) is 0 Å². The number of aromatic nitrogens is 4. The maximum atomic E-state index is 12.9. The fourth-order valence-electron chi connectivity index (χ4n) is 3.77. The van der Waals surface area contributed by atoms with Gasteiger partial charge in [-0.25, -0.2) is 9.67 Å². The lowest BCUT2D eigenvalue weighted by atomic mass is 10.1. The van der Waals surface area contributed by atoms with E-state index in [4.69, 9.17) is 4.74 Å². The second-order valence-corrected chi connectivity index (χ2v) is 8.08. The van der Waals surface area contributed by atoms with Crippen LogP contribution in [0.3, 0.4) is 0 Å². The number of hydrogen-bond donors (Lipinski definition) is 1. The van der Waals surface area contributed by atoms with Gasteiger partial charge in [0.15, 0.2) is 5.65 Å². The molecule has 0 saturated carbocycles. The maximum Gasteiger partial charge on any atom is 0.264 e. The van der Waals surface area contributed by atoms with Crippen LogP contribution in [0.1, 0.15) is 22.3 Å². The van der Waals surface area contributed by atoms with Crippen molar-refractivity contribution in [3.63, 3.8) is 0 Å². The van der Waals surface area contributed by atoms with Crippen molar-refractivity contribution in [3.05, 3.63) is 81.5 Å². The molecular formula is C24H26N4O3. The number of ether oxygens (including phenoxy) is 1. The van der Waals surface area contributed by atoms with Crippen LogP contribution in [0, 0.1) is 27.7 Å². The van der Waals surface area contributed by atoms with Gasteiger partial charge in [-0.2, -0.15) is 5.10 Å². The first-order chi connectivity index (χ1) is 14.8. The van der Waals surface area contributed by atoms with E-state index in [1.54, 1.807) is 4.68 Å². The fourth-order valence-corrected chi connectivity index (χ4v) is 3.77. The van der Waals surface area contributed by atoms with Crippen molar-refractivity contribution in [1.82, 2.24) is 19.3 Å². The molecule has 1 atom stereocenters. The van der Waals surface area contributed by atoms with E-state index < -0.39 is 6.10 Å². The molecule has 0 radical (unpaired) electrons. The Hall–Kier alpha value is -3.45. The van der Waals surface area contributed by atoms with Crippen molar-refractivity contribution < 1.29 is 9.84 Å². The lowest BCUT2D eigenvalue weighted by Gasteiger charge is -2.15. The molecule has 2 heterocycles. The summed E-state index contributed by atoms with van der Waals surface area (Å²) in [7, 11) is 0. The first-order valence-electron chi connectivity index (χ1n) is 10.2.